The van der Waals surface area contributed by atoms with Crippen molar-refractivity contribution < 1.29 is 14.8 Å². The van der Waals surface area contributed by atoms with Crippen molar-refractivity contribution >= 4 is 13.0 Å². The Labute approximate surface area is 85.1 Å². The van der Waals surface area contributed by atoms with Crippen molar-refractivity contribution in [2.24, 2.45) is 5.41 Å². The average Bonchev–Trinajstić information content (AvgIpc) is 2.48. The van der Waals surface area contributed by atoms with E-state index in [1.54, 1.807) is 4.90 Å². The molecular weight excluding hydrogens is 181 g/mol. The first-order chi connectivity index (χ1) is 6.34. The molecule has 4 nitrogen and oxygen atoms in total. The highest BCUT2D eigenvalue weighted by atomic mass is 16.4. The van der Waals surface area contributed by atoms with Gasteiger partial charge in [-0.15, -0.1) is 0 Å². The molecule has 1 aliphatic rings. The summed E-state index contributed by atoms with van der Waals surface area (Å²) in [7, 11) is -1.41. The fourth-order valence-corrected chi connectivity index (χ4v) is 1.79. The van der Waals surface area contributed by atoms with Gasteiger partial charge in [-0.2, -0.15) is 0 Å². The van der Waals surface area contributed by atoms with Gasteiger partial charge in [-0.3, -0.25) is 4.79 Å². The van der Waals surface area contributed by atoms with Crippen LogP contribution in [0, 0.1) is 5.41 Å². The molecule has 0 saturated carbocycles. The molecule has 1 unspecified atom stereocenters. The Morgan fingerprint density at radius 1 is 1.43 bits per heavy atom. The number of carbonyl (C=O) groups is 1. The number of carbonyl (C=O) groups excluding carboxylic acids is 1. The third-order valence-corrected chi connectivity index (χ3v) is 2.55. The molecule has 0 bridgehead atoms. The van der Waals surface area contributed by atoms with Crippen LogP contribution in [0.1, 0.15) is 33.6 Å². The van der Waals surface area contributed by atoms with Gasteiger partial charge in [-0.25, -0.2) is 0 Å². The van der Waals surface area contributed by atoms with Crippen LogP contribution in [-0.4, -0.2) is 40.5 Å². The normalized spacial score (nSPS) is 22.6. The molecule has 5 heteroatoms. The van der Waals surface area contributed by atoms with E-state index in [9.17, 15) is 4.79 Å². The lowest BCUT2D eigenvalue weighted by molar-refractivity contribution is -0.139. The van der Waals surface area contributed by atoms with Crippen LogP contribution in [0.15, 0.2) is 0 Å². The summed E-state index contributed by atoms with van der Waals surface area (Å²) >= 11 is 0. The molecule has 0 radical (unpaired) electrons. The fraction of sp³-hybridized carbons (Fsp3) is 0.889. The van der Waals surface area contributed by atoms with Gasteiger partial charge in [0.05, 0.1) is 5.94 Å². The number of rotatable bonds is 1. The van der Waals surface area contributed by atoms with Gasteiger partial charge in [0.15, 0.2) is 0 Å². The summed E-state index contributed by atoms with van der Waals surface area (Å²) in [5.41, 5.74) is -0.447. The van der Waals surface area contributed by atoms with Crippen molar-refractivity contribution in [3.8, 4) is 0 Å². The zero-order valence-electron chi connectivity index (χ0n) is 9.03. The number of amides is 1. The maximum Gasteiger partial charge on any atom is 0.475 e. The molecule has 0 aliphatic carbocycles. The van der Waals surface area contributed by atoms with Crippen LogP contribution in [0.25, 0.3) is 0 Å². The van der Waals surface area contributed by atoms with E-state index < -0.39 is 18.5 Å². The molecule has 0 aromatic heterocycles. The molecule has 1 rings (SSSR count). The van der Waals surface area contributed by atoms with Gasteiger partial charge in [0.1, 0.15) is 0 Å². The van der Waals surface area contributed by atoms with Crippen LogP contribution < -0.4 is 0 Å². The highest BCUT2D eigenvalue weighted by Gasteiger charge is 2.40. The van der Waals surface area contributed by atoms with E-state index in [2.05, 4.69) is 0 Å². The monoisotopic (exact) mass is 199 g/mol. The zero-order chi connectivity index (χ0) is 10.9. The van der Waals surface area contributed by atoms with E-state index >= 15 is 0 Å². The van der Waals surface area contributed by atoms with Gasteiger partial charge < -0.3 is 14.9 Å². The molecular formula is C9H18BNO3. The molecule has 1 atom stereocenters. The van der Waals surface area contributed by atoms with Crippen molar-refractivity contribution in [2.75, 3.05) is 6.54 Å². The van der Waals surface area contributed by atoms with Crippen LogP contribution in [-0.2, 0) is 4.79 Å². The summed E-state index contributed by atoms with van der Waals surface area (Å²) in [5.74, 6) is -0.421. The molecule has 80 valence electrons. The quantitative estimate of drug-likeness (QED) is 0.586. The SMILES string of the molecule is CC(C)(C)C(=O)N1CCCC1B(O)O. The van der Waals surface area contributed by atoms with Crippen LogP contribution >= 0.6 is 0 Å². The first-order valence-corrected chi connectivity index (χ1v) is 5.01. The van der Waals surface area contributed by atoms with Crippen molar-refractivity contribution in [1.29, 1.82) is 0 Å². The van der Waals surface area contributed by atoms with Gasteiger partial charge in [-0.05, 0) is 12.8 Å². The summed E-state index contributed by atoms with van der Waals surface area (Å²) in [5, 5.41) is 18.2. The minimum atomic E-state index is -1.41. The number of likely N-dealkylation sites (tertiary alicyclic amines) is 1. The summed E-state index contributed by atoms with van der Waals surface area (Å²) in [6.07, 6.45) is 1.53. The van der Waals surface area contributed by atoms with Gasteiger partial charge in [0.25, 0.3) is 0 Å². The van der Waals surface area contributed by atoms with Crippen LogP contribution in [0.2, 0.25) is 0 Å². The van der Waals surface area contributed by atoms with E-state index in [1.807, 2.05) is 20.8 Å². The average molecular weight is 199 g/mol. The Kier molecular flexibility index (Phi) is 3.22. The van der Waals surface area contributed by atoms with Crippen LogP contribution in [0.4, 0.5) is 0 Å². The predicted molar refractivity (Wildman–Crippen MR) is 54.4 cm³/mol. The lowest BCUT2D eigenvalue weighted by Crippen LogP contribution is -2.49. The topological polar surface area (TPSA) is 60.8 Å². The van der Waals surface area contributed by atoms with Gasteiger partial charge in [-0.1, -0.05) is 20.8 Å². The van der Waals surface area contributed by atoms with Gasteiger partial charge >= 0.3 is 7.12 Å². The highest BCUT2D eigenvalue weighted by Crippen LogP contribution is 2.25. The van der Waals surface area contributed by atoms with E-state index in [1.165, 1.54) is 0 Å². The van der Waals surface area contributed by atoms with Crippen molar-refractivity contribution in [1.82, 2.24) is 4.90 Å². The largest absolute Gasteiger partial charge is 0.475 e. The maximum atomic E-state index is 11.9. The minimum Gasteiger partial charge on any atom is -0.426 e. The molecule has 2 N–H and O–H groups in total. The van der Waals surface area contributed by atoms with Crippen LogP contribution in [0.5, 0.6) is 0 Å². The van der Waals surface area contributed by atoms with E-state index in [0.717, 1.165) is 6.42 Å². The summed E-state index contributed by atoms with van der Waals surface area (Å²) in [6.45, 7) is 6.16. The predicted octanol–water partition coefficient (Wildman–Crippen LogP) is 0.0355. The number of hydrogen-bond acceptors (Lipinski definition) is 3. The molecule has 1 aliphatic heterocycles. The van der Waals surface area contributed by atoms with Gasteiger partial charge in [0, 0.05) is 12.0 Å². The summed E-state index contributed by atoms with van der Waals surface area (Å²) in [6, 6.07) is 0. The standard InChI is InChI=1S/C9H18BNO3/c1-9(2,3)8(12)11-6-4-5-7(11)10(13)14/h7,13-14H,4-6H2,1-3H3. The lowest BCUT2D eigenvalue weighted by atomic mass is 9.77. The second-order valence-corrected chi connectivity index (χ2v) is 4.87. The Morgan fingerprint density at radius 3 is 2.43 bits per heavy atom. The third-order valence-electron chi connectivity index (χ3n) is 2.55. The van der Waals surface area contributed by atoms with E-state index in [-0.39, 0.29) is 5.91 Å². The molecule has 1 fully saturated rings. The first kappa shape index (κ1) is 11.5. The maximum absolute atomic E-state index is 11.9. The third kappa shape index (κ3) is 2.28. The molecule has 0 aromatic rings. The number of nitrogens with zero attached hydrogens (tertiary/aromatic N) is 1. The molecule has 1 saturated heterocycles. The molecule has 14 heavy (non-hydrogen) atoms. The van der Waals surface area contributed by atoms with Gasteiger partial charge in [0.2, 0.25) is 5.91 Å². The van der Waals surface area contributed by atoms with Crippen molar-refractivity contribution in [3.63, 3.8) is 0 Å². The molecule has 1 amide bonds. The molecule has 0 spiro atoms. The number of hydrogen-bond donors (Lipinski definition) is 2. The summed E-state index contributed by atoms with van der Waals surface area (Å²) < 4.78 is 0. The Bertz CT molecular complexity index is 225. The van der Waals surface area contributed by atoms with Crippen molar-refractivity contribution in [2.45, 2.75) is 39.6 Å². The first-order valence-electron chi connectivity index (χ1n) is 5.01. The minimum absolute atomic E-state index is 0.00639. The molecule has 0 aromatic carbocycles. The molecule has 1 heterocycles. The fourth-order valence-electron chi connectivity index (χ4n) is 1.79. The van der Waals surface area contributed by atoms with Crippen molar-refractivity contribution in [3.05, 3.63) is 0 Å². The Morgan fingerprint density at radius 2 is 2.00 bits per heavy atom. The Balaban J connectivity index is 2.72. The second kappa shape index (κ2) is 3.91. The van der Waals surface area contributed by atoms with E-state index in [0.29, 0.717) is 13.0 Å². The highest BCUT2D eigenvalue weighted by molar-refractivity contribution is 6.43. The Hall–Kier alpha value is -0.545. The zero-order valence-corrected chi connectivity index (χ0v) is 9.03. The summed E-state index contributed by atoms with van der Waals surface area (Å²) in [4.78, 5) is 13.5. The second-order valence-electron chi connectivity index (χ2n) is 4.87. The lowest BCUT2D eigenvalue weighted by Gasteiger charge is -2.30. The van der Waals surface area contributed by atoms with E-state index in [4.69, 9.17) is 10.0 Å². The van der Waals surface area contributed by atoms with Crippen LogP contribution in [0.3, 0.4) is 0 Å². The smallest absolute Gasteiger partial charge is 0.426 e.